The molecule has 6 nitrogen and oxygen atoms in total. The zero-order chi connectivity index (χ0) is 20.9. The van der Waals surface area contributed by atoms with Crippen molar-refractivity contribution in [1.82, 2.24) is 9.62 Å². The monoisotopic (exact) mass is 420 g/mol. The summed E-state index contributed by atoms with van der Waals surface area (Å²) in [6, 6.07) is 10.2. The summed E-state index contributed by atoms with van der Waals surface area (Å²) in [5.41, 5.74) is 0.965. The Morgan fingerprint density at radius 2 is 1.72 bits per heavy atom. The van der Waals surface area contributed by atoms with E-state index in [1.165, 1.54) is 41.7 Å². The second-order valence-electron chi connectivity index (χ2n) is 6.99. The van der Waals surface area contributed by atoms with Gasteiger partial charge in [0.2, 0.25) is 10.0 Å². The Balaban J connectivity index is 1.82. The SMILES string of the molecule is COc1ccc(C(=O)NCc2ccc(F)cc2)cc1S(=O)(=O)N1CCCCCC1. The number of nitrogens with zero attached hydrogens (tertiary/aromatic N) is 1. The molecular formula is C21H25FN2O4S. The maximum atomic E-state index is 13.2. The first kappa shape index (κ1) is 21.3. The van der Waals surface area contributed by atoms with Crippen molar-refractivity contribution < 1.29 is 22.3 Å². The first-order valence-electron chi connectivity index (χ1n) is 9.62. The highest BCUT2D eigenvalue weighted by atomic mass is 32.2. The molecule has 0 aliphatic carbocycles. The van der Waals surface area contributed by atoms with E-state index in [1.807, 2.05) is 0 Å². The van der Waals surface area contributed by atoms with Crippen molar-refractivity contribution in [2.75, 3.05) is 20.2 Å². The maximum absolute atomic E-state index is 13.2. The van der Waals surface area contributed by atoms with Crippen molar-refractivity contribution in [2.24, 2.45) is 0 Å². The summed E-state index contributed by atoms with van der Waals surface area (Å²) in [5, 5.41) is 2.73. The molecule has 0 saturated carbocycles. The van der Waals surface area contributed by atoms with Gasteiger partial charge in [0.1, 0.15) is 16.5 Å². The molecule has 2 aromatic rings. The Hall–Kier alpha value is -2.45. The molecule has 0 aromatic heterocycles. The van der Waals surface area contributed by atoms with Crippen molar-refractivity contribution in [3.05, 3.63) is 59.4 Å². The fourth-order valence-electron chi connectivity index (χ4n) is 3.33. The Bertz CT molecular complexity index is 953. The number of benzene rings is 2. The largest absolute Gasteiger partial charge is 0.495 e. The molecular weight excluding hydrogens is 395 g/mol. The maximum Gasteiger partial charge on any atom is 0.251 e. The zero-order valence-corrected chi connectivity index (χ0v) is 17.2. The molecule has 1 N–H and O–H groups in total. The summed E-state index contributed by atoms with van der Waals surface area (Å²) in [6.45, 7) is 1.14. The molecule has 1 aliphatic rings. The van der Waals surface area contributed by atoms with E-state index in [-0.39, 0.29) is 28.6 Å². The molecule has 156 valence electrons. The minimum absolute atomic E-state index is 0.00340. The first-order chi connectivity index (χ1) is 13.9. The number of halogens is 1. The summed E-state index contributed by atoms with van der Waals surface area (Å²) in [4.78, 5) is 12.6. The van der Waals surface area contributed by atoms with Crippen LogP contribution in [0, 0.1) is 5.82 Å². The Morgan fingerprint density at radius 3 is 2.34 bits per heavy atom. The predicted octanol–water partition coefficient (Wildman–Crippen LogP) is 3.33. The number of ether oxygens (including phenoxy) is 1. The summed E-state index contributed by atoms with van der Waals surface area (Å²) < 4.78 is 46.1. The number of hydrogen-bond donors (Lipinski definition) is 1. The van der Waals surface area contributed by atoms with E-state index in [0.717, 1.165) is 31.2 Å². The van der Waals surface area contributed by atoms with E-state index < -0.39 is 15.9 Å². The average Bonchev–Trinajstić information content (AvgIpc) is 3.03. The number of carbonyl (C=O) groups excluding carboxylic acids is 1. The zero-order valence-electron chi connectivity index (χ0n) is 16.4. The van der Waals surface area contributed by atoms with Crippen LogP contribution in [-0.2, 0) is 16.6 Å². The van der Waals surface area contributed by atoms with Gasteiger partial charge < -0.3 is 10.1 Å². The smallest absolute Gasteiger partial charge is 0.251 e. The van der Waals surface area contributed by atoms with Crippen LogP contribution < -0.4 is 10.1 Å². The van der Waals surface area contributed by atoms with Crippen LogP contribution in [0.15, 0.2) is 47.4 Å². The summed E-state index contributed by atoms with van der Waals surface area (Å²) >= 11 is 0. The second kappa shape index (κ2) is 9.37. The second-order valence-corrected chi connectivity index (χ2v) is 8.90. The molecule has 29 heavy (non-hydrogen) atoms. The Morgan fingerprint density at radius 1 is 1.07 bits per heavy atom. The molecule has 1 heterocycles. The number of methoxy groups -OCH3 is 1. The van der Waals surface area contributed by atoms with Crippen LogP contribution in [0.4, 0.5) is 4.39 Å². The van der Waals surface area contributed by atoms with Crippen LogP contribution in [0.25, 0.3) is 0 Å². The summed E-state index contributed by atoms with van der Waals surface area (Å²) in [5.74, 6) is -0.549. The average molecular weight is 421 g/mol. The normalized spacial score (nSPS) is 15.5. The molecule has 0 radical (unpaired) electrons. The minimum atomic E-state index is -3.77. The molecule has 1 saturated heterocycles. The quantitative estimate of drug-likeness (QED) is 0.778. The topological polar surface area (TPSA) is 75.7 Å². The van der Waals surface area contributed by atoms with Crippen molar-refractivity contribution >= 4 is 15.9 Å². The third-order valence-corrected chi connectivity index (χ3v) is 6.89. The van der Waals surface area contributed by atoms with Gasteiger partial charge in [-0.05, 0) is 48.7 Å². The van der Waals surface area contributed by atoms with Crippen LogP contribution in [0.1, 0.15) is 41.6 Å². The van der Waals surface area contributed by atoms with Crippen LogP contribution in [0.5, 0.6) is 5.75 Å². The highest BCUT2D eigenvalue weighted by molar-refractivity contribution is 7.89. The van der Waals surface area contributed by atoms with Gasteiger partial charge in [0.05, 0.1) is 7.11 Å². The predicted molar refractivity (Wildman–Crippen MR) is 108 cm³/mol. The van der Waals surface area contributed by atoms with Crippen molar-refractivity contribution in [3.63, 3.8) is 0 Å². The fourth-order valence-corrected chi connectivity index (χ4v) is 5.03. The first-order valence-corrected chi connectivity index (χ1v) is 11.1. The van der Waals surface area contributed by atoms with E-state index in [2.05, 4.69) is 5.32 Å². The number of sulfonamides is 1. The van der Waals surface area contributed by atoms with Crippen molar-refractivity contribution in [3.8, 4) is 5.75 Å². The minimum Gasteiger partial charge on any atom is -0.495 e. The van der Waals surface area contributed by atoms with Gasteiger partial charge in [-0.3, -0.25) is 4.79 Å². The molecule has 0 bridgehead atoms. The van der Waals surface area contributed by atoms with Gasteiger partial charge in [-0.2, -0.15) is 4.31 Å². The number of hydrogen-bond acceptors (Lipinski definition) is 4. The van der Waals surface area contributed by atoms with Gasteiger partial charge in [0.15, 0.2) is 0 Å². The van der Waals surface area contributed by atoms with Crippen molar-refractivity contribution in [2.45, 2.75) is 37.1 Å². The van der Waals surface area contributed by atoms with Crippen LogP contribution in [-0.4, -0.2) is 38.8 Å². The standard InChI is InChI=1S/C21H25FN2O4S/c1-28-19-11-8-17(21(25)23-15-16-6-9-18(22)10-7-16)14-20(19)29(26,27)24-12-4-2-3-5-13-24/h6-11,14H,2-5,12-13,15H2,1H3,(H,23,25). The van der Waals surface area contributed by atoms with Crippen LogP contribution >= 0.6 is 0 Å². The third-order valence-electron chi connectivity index (χ3n) is 4.97. The number of carbonyl (C=O) groups is 1. The molecule has 0 spiro atoms. The number of rotatable bonds is 6. The summed E-state index contributed by atoms with van der Waals surface area (Å²) in [7, 11) is -2.36. The molecule has 8 heteroatoms. The number of amides is 1. The molecule has 2 aromatic carbocycles. The van der Waals surface area contributed by atoms with E-state index in [4.69, 9.17) is 4.74 Å². The third kappa shape index (κ3) is 5.13. The highest BCUT2D eigenvalue weighted by Gasteiger charge is 2.29. The molecule has 1 fully saturated rings. The lowest BCUT2D eigenvalue weighted by molar-refractivity contribution is 0.0950. The molecule has 0 unspecified atom stereocenters. The van der Waals surface area contributed by atoms with Crippen molar-refractivity contribution in [1.29, 1.82) is 0 Å². The Labute approximate surface area is 170 Å². The Kier molecular flexibility index (Phi) is 6.87. The fraction of sp³-hybridized carbons (Fsp3) is 0.381. The number of nitrogens with one attached hydrogen (secondary N) is 1. The van der Waals surface area contributed by atoms with E-state index in [1.54, 1.807) is 12.1 Å². The molecule has 1 amide bonds. The van der Waals surface area contributed by atoms with E-state index >= 15 is 0 Å². The van der Waals surface area contributed by atoms with E-state index in [9.17, 15) is 17.6 Å². The van der Waals surface area contributed by atoms with Gasteiger partial charge in [-0.25, -0.2) is 12.8 Å². The van der Waals surface area contributed by atoms with Gasteiger partial charge in [0, 0.05) is 25.2 Å². The highest BCUT2D eigenvalue weighted by Crippen LogP contribution is 2.29. The lowest BCUT2D eigenvalue weighted by Crippen LogP contribution is -2.32. The molecule has 3 rings (SSSR count). The lowest BCUT2D eigenvalue weighted by Gasteiger charge is -2.21. The summed E-state index contributed by atoms with van der Waals surface area (Å²) in [6.07, 6.45) is 3.66. The van der Waals surface area contributed by atoms with Crippen LogP contribution in [0.2, 0.25) is 0 Å². The molecule has 1 aliphatic heterocycles. The molecule has 0 atom stereocenters. The van der Waals surface area contributed by atoms with E-state index in [0.29, 0.717) is 13.1 Å². The van der Waals surface area contributed by atoms with Gasteiger partial charge >= 0.3 is 0 Å². The van der Waals surface area contributed by atoms with Gasteiger partial charge in [-0.1, -0.05) is 25.0 Å². The van der Waals surface area contributed by atoms with Gasteiger partial charge in [-0.15, -0.1) is 0 Å². The van der Waals surface area contributed by atoms with Crippen LogP contribution in [0.3, 0.4) is 0 Å². The lowest BCUT2D eigenvalue weighted by atomic mass is 10.2. The van der Waals surface area contributed by atoms with Gasteiger partial charge in [0.25, 0.3) is 5.91 Å².